The molecule has 1 atom stereocenters. The Kier molecular flexibility index (Phi) is 8.71. The number of nitrogens with one attached hydrogen (secondary N) is 3. The van der Waals surface area contributed by atoms with Gasteiger partial charge in [-0.05, 0) is 74.5 Å². The fraction of sp³-hybridized carbons (Fsp3) is 0.391. The van der Waals surface area contributed by atoms with Gasteiger partial charge in [-0.2, -0.15) is 0 Å². The molecule has 1 saturated heterocycles. The molecule has 0 bridgehead atoms. The maximum Gasteiger partial charge on any atom is 0.220 e. The van der Waals surface area contributed by atoms with Crippen LogP contribution in [0.3, 0.4) is 0 Å². The molecule has 1 aliphatic rings. The minimum absolute atomic E-state index is 0. The Morgan fingerprint density at radius 1 is 1.13 bits per heavy atom. The molecule has 4 rings (SSSR count). The van der Waals surface area contributed by atoms with Gasteiger partial charge in [0, 0.05) is 18.5 Å². The summed E-state index contributed by atoms with van der Waals surface area (Å²) in [6, 6.07) is 12.5. The minimum Gasteiger partial charge on any atom is -0.352 e. The molecule has 5 nitrogen and oxygen atoms in total. The number of carbonyl (C=O) groups is 1. The summed E-state index contributed by atoms with van der Waals surface area (Å²) in [4.78, 5) is 20.2. The van der Waals surface area contributed by atoms with Gasteiger partial charge in [0.25, 0.3) is 0 Å². The van der Waals surface area contributed by atoms with E-state index in [0.29, 0.717) is 18.9 Å². The summed E-state index contributed by atoms with van der Waals surface area (Å²) in [5.74, 6) is 1.67. The van der Waals surface area contributed by atoms with E-state index in [2.05, 4.69) is 65.9 Å². The van der Waals surface area contributed by atoms with Crippen LogP contribution >= 0.6 is 24.8 Å². The number of amides is 1. The summed E-state index contributed by atoms with van der Waals surface area (Å²) in [5.41, 5.74) is 6.72. The Morgan fingerprint density at radius 3 is 2.57 bits per heavy atom. The first-order valence-electron chi connectivity index (χ1n) is 10.1. The summed E-state index contributed by atoms with van der Waals surface area (Å²) in [5, 5.41) is 6.38. The zero-order chi connectivity index (χ0) is 19.5. The monoisotopic (exact) mass is 448 g/mol. The highest BCUT2D eigenvalue weighted by Crippen LogP contribution is 2.23. The van der Waals surface area contributed by atoms with Crippen molar-refractivity contribution in [3.8, 4) is 11.4 Å². The first-order chi connectivity index (χ1) is 13.6. The van der Waals surface area contributed by atoms with Gasteiger partial charge in [-0.3, -0.25) is 4.79 Å². The zero-order valence-electron chi connectivity index (χ0n) is 17.5. The van der Waals surface area contributed by atoms with E-state index in [1.165, 1.54) is 17.5 Å². The van der Waals surface area contributed by atoms with Crippen molar-refractivity contribution in [2.45, 2.75) is 39.7 Å². The average Bonchev–Trinajstić information content (AvgIpc) is 3.35. The number of aromatic amines is 1. The van der Waals surface area contributed by atoms with Gasteiger partial charge in [0.2, 0.25) is 5.91 Å². The molecule has 1 unspecified atom stereocenters. The Bertz CT molecular complexity index is 940. The van der Waals surface area contributed by atoms with E-state index in [1.807, 2.05) is 0 Å². The quantitative estimate of drug-likeness (QED) is 0.511. The van der Waals surface area contributed by atoms with Crippen molar-refractivity contribution in [3.05, 3.63) is 53.1 Å². The molecular weight excluding hydrogens is 419 g/mol. The SMILES string of the molecule is Cc1cc2nc(-c3ccc(CNC(=O)CCC4CCNC4)cc3)[nH]c2cc1C.Cl.Cl. The number of carbonyl (C=O) groups excluding carboxylic acids is 1. The van der Waals surface area contributed by atoms with Crippen LogP contribution in [0.4, 0.5) is 0 Å². The summed E-state index contributed by atoms with van der Waals surface area (Å²) < 4.78 is 0. The zero-order valence-corrected chi connectivity index (χ0v) is 19.1. The highest BCUT2D eigenvalue weighted by molar-refractivity contribution is 5.85. The number of aryl methyl sites for hydroxylation is 2. The van der Waals surface area contributed by atoms with Crippen molar-refractivity contribution in [1.82, 2.24) is 20.6 Å². The number of aromatic nitrogens is 2. The van der Waals surface area contributed by atoms with Crippen molar-refractivity contribution in [2.75, 3.05) is 13.1 Å². The minimum atomic E-state index is 0. The largest absolute Gasteiger partial charge is 0.352 e. The molecule has 1 fully saturated rings. The van der Waals surface area contributed by atoms with Crippen LogP contribution < -0.4 is 10.6 Å². The molecule has 0 spiro atoms. The summed E-state index contributed by atoms with van der Waals surface area (Å²) in [7, 11) is 0. The predicted molar refractivity (Wildman–Crippen MR) is 128 cm³/mol. The maximum atomic E-state index is 12.1. The molecule has 0 saturated carbocycles. The molecule has 2 heterocycles. The van der Waals surface area contributed by atoms with Gasteiger partial charge in [0.05, 0.1) is 11.0 Å². The molecule has 1 aromatic heterocycles. The highest BCUT2D eigenvalue weighted by atomic mass is 35.5. The molecule has 3 aromatic rings. The predicted octanol–water partition coefficient (Wildman–Crippen LogP) is 4.70. The van der Waals surface area contributed by atoms with Crippen LogP contribution in [0.2, 0.25) is 0 Å². The average molecular weight is 449 g/mol. The van der Waals surface area contributed by atoms with Crippen molar-refractivity contribution in [3.63, 3.8) is 0 Å². The number of hydrogen-bond acceptors (Lipinski definition) is 3. The molecule has 30 heavy (non-hydrogen) atoms. The van der Waals surface area contributed by atoms with E-state index < -0.39 is 0 Å². The molecule has 0 aliphatic carbocycles. The summed E-state index contributed by atoms with van der Waals surface area (Å²) >= 11 is 0. The number of hydrogen-bond donors (Lipinski definition) is 3. The Morgan fingerprint density at radius 2 is 1.87 bits per heavy atom. The van der Waals surface area contributed by atoms with Crippen molar-refractivity contribution in [2.24, 2.45) is 5.92 Å². The van der Waals surface area contributed by atoms with E-state index >= 15 is 0 Å². The Balaban J connectivity index is 0.00000160. The number of rotatable bonds is 6. The number of H-pyrrole nitrogens is 1. The van der Waals surface area contributed by atoms with Crippen LogP contribution in [0.15, 0.2) is 36.4 Å². The lowest BCUT2D eigenvalue weighted by Crippen LogP contribution is -2.23. The van der Waals surface area contributed by atoms with Gasteiger partial charge in [-0.15, -0.1) is 24.8 Å². The first kappa shape index (κ1) is 24.2. The maximum absolute atomic E-state index is 12.1. The van der Waals surface area contributed by atoms with Gasteiger partial charge < -0.3 is 15.6 Å². The normalized spacial score (nSPS) is 15.5. The van der Waals surface area contributed by atoms with Crippen molar-refractivity contribution in [1.29, 1.82) is 0 Å². The number of fused-ring (bicyclic) bond motifs is 1. The van der Waals surface area contributed by atoms with Crippen LogP contribution in [-0.4, -0.2) is 29.0 Å². The third kappa shape index (κ3) is 5.75. The van der Waals surface area contributed by atoms with Crippen LogP contribution in [0.1, 0.15) is 36.0 Å². The Labute approximate surface area is 190 Å². The molecule has 7 heteroatoms. The standard InChI is InChI=1S/C23H28N4O.2ClH/c1-15-11-20-21(12-16(15)2)27-23(26-20)19-6-3-17(4-7-19)14-25-22(28)8-5-18-9-10-24-13-18;;/h3-4,6-7,11-12,18,24H,5,8-10,13-14H2,1-2H3,(H,25,28)(H,26,27);2*1H. The van der Waals surface area contributed by atoms with Crippen LogP contribution in [0, 0.1) is 19.8 Å². The molecule has 162 valence electrons. The third-order valence-electron chi connectivity index (χ3n) is 5.76. The smallest absolute Gasteiger partial charge is 0.220 e. The number of nitrogens with zero attached hydrogens (tertiary/aromatic N) is 1. The fourth-order valence-corrected chi connectivity index (χ4v) is 3.77. The lowest BCUT2D eigenvalue weighted by molar-refractivity contribution is -0.121. The number of imidazole rings is 1. The van der Waals surface area contributed by atoms with Crippen LogP contribution in [0.5, 0.6) is 0 Å². The lowest BCUT2D eigenvalue weighted by Gasteiger charge is -2.09. The molecule has 3 N–H and O–H groups in total. The van der Waals surface area contributed by atoms with E-state index in [9.17, 15) is 4.79 Å². The van der Waals surface area contributed by atoms with Crippen LogP contribution in [0.25, 0.3) is 22.4 Å². The van der Waals surface area contributed by atoms with E-state index in [4.69, 9.17) is 4.98 Å². The molecule has 1 aliphatic heterocycles. The molecule has 1 amide bonds. The van der Waals surface area contributed by atoms with Gasteiger partial charge in [0.15, 0.2) is 0 Å². The van der Waals surface area contributed by atoms with Gasteiger partial charge in [0.1, 0.15) is 5.82 Å². The second-order valence-corrected chi connectivity index (χ2v) is 7.91. The highest BCUT2D eigenvalue weighted by Gasteiger charge is 2.15. The fourth-order valence-electron chi connectivity index (χ4n) is 3.77. The third-order valence-corrected chi connectivity index (χ3v) is 5.76. The second kappa shape index (κ2) is 10.8. The van der Waals surface area contributed by atoms with Crippen LogP contribution in [-0.2, 0) is 11.3 Å². The number of benzene rings is 2. The van der Waals surface area contributed by atoms with E-state index in [0.717, 1.165) is 47.5 Å². The molecular formula is C23H30Cl2N4O. The van der Waals surface area contributed by atoms with Gasteiger partial charge in [-0.25, -0.2) is 4.98 Å². The van der Waals surface area contributed by atoms with Crippen molar-refractivity contribution >= 4 is 41.8 Å². The topological polar surface area (TPSA) is 69.8 Å². The van der Waals surface area contributed by atoms with E-state index in [-0.39, 0.29) is 30.7 Å². The summed E-state index contributed by atoms with van der Waals surface area (Å²) in [6.45, 7) is 6.93. The van der Waals surface area contributed by atoms with E-state index in [1.54, 1.807) is 0 Å². The lowest BCUT2D eigenvalue weighted by atomic mass is 10.0. The van der Waals surface area contributed by atoms with Gasteiger partial charge >= 0.3 is 0 Å². The van der Waals surface area contributed by atoms with Gasteiger partial charge in [-0.1, -0.05) is 24.3 Å². The second-order valence-electron chi connectivity index (χ2n) is 7.91. The first-order valence-corrected chi connectivity index (χ1v) is 10.1. The molecule has 0 radical (unpaired) electrons. The Hall–Kier alpha value is -2.08. The number of halogens is 2. The molecule has 2 aromatic carbocycles. The summed E-state index contributed by atoms with van der Waals surface area (Å²) in [6.07, 6.45) is 2.78. The van der Waals surface area contributed by atoms with Crippen molar-refractivity contribution < 1.29 is 4.79 Å².